The molecule has 0 aromatic heterocycles. The highest BCUT2D eigenvalue weighted by Crippen LogP contribution is 2.26. The molecule has 2 amide bonds. The zero-order valence-corrected chi connectivity index (χ0v) is 14.7. The third-order valence-corrected chi connectivity index (χ3v) is 4.49. The number of benzene rings is 2. The van der Waals surface area contributed by atoms with E-state index in [2.05, 4.69) is 16.7 Å². The third-order valence-electron chi connectivity index (χ3n) is 4.16. The Morgan fingerprint density at radius 2 is 1.92 bits per heavy atom. The van der Waals surface area contributed by atoms with Crippen LogP contribution in [0.1, 0.15) is 27.9 Å². The molecule has 0 atom stereocenters. The van der Waals surface area contributed by atoms with Crippen LogP contribution >= 0.6 is 11.6 Å². The predicted octanol–water partition coefficient (Wildman–Crippen LogP) is 3.21. The predicted molar refractivity (Wildman–Crippen MR) is 97.4 cm³/mol. The van der Waals surface area contributed by atoms with Gasteiger partial charge < -0.3 is 15.4 Å². The van der Waals surface area contributed by atoms with Crippen LogP contribution in [0.15, 0.2) is 36.4 Å². The van der Waals surface area contributed by atoms with Crippen LogP contribution in [0.2, 0.25) is 5.02 Å². The first-order chi connectivity index (χ1) is 12.1. The number of carbonyl (C=O) groups is 2. The molecule has 0 saturated carbocycles. The molecule has 0 heterocycles. The number of anilines is 1. The number of carbonyl (C=O) groups excluding carboxylic acids is 2. The maximum atomic E-state index is 12.1. The summed E-state index contributed by atoms with van der Waals surface area (Å²) in [7, 11) is 1.52. The number of hydrogen-bond acceptors (Lipinski definition) is 3. The molecule has 0 saturated heterocycles. The number of hydrogen-bond donors (Lipinski definition) is 2. The van der Waals surface area contributed by atoms with Crippen molar-refractivity contribution in [2.75, 3.05) is 19.0 Å². The lowest BCUT2D eigenvalue weighted by molar-refractivity contribution is -0.118. The molecule has 130 valence electrons. The van der Waals surface area contributed by atoms with Gasteiger partial charge in [-0.25, -0.2) is 0 Å². The van der Waals surface area contributed by atoms with Crippen LogP contribution in [0, 0.1) is 0 Å². The molecule has 25 heavy (non-hydrogen) atoms. The van der Waals surface area contributed by atoms with Crippen LogP contribution in [-0.2, 0) is 17.6 Å². The van der Waals surface area contributed by atoms with Gasteiger partial charge in [0.2, 0.25) is 0 Å². The Hall–Kier alpha value is -2.53. The third kappa shape index (κ3) is 4.12. The monoisotopic (exact) mass is 358 g/mol. The van der Waals surface area contributed by atoms with Crippen LogP contribution < -0.4 is 15.4 Å². The summed E-state index contributed by atoms with van der Waals surface area (Å²) in [5, 5.41) is 5.54. The molecule has 0 fully saturated rings. The molecule has 6 heteroatoms. The molecule has 5 nitrogen and oxygen atoms in total. The largest absolute Gasteiger partial charge is 0.484 e. The van der Waals surface area contributed by atoms with Gasteiger partial charge in [0, 0.05) is 12.7 Å². The quantitative estimate of drug-likeness (QED) is 0.862. The molecule has 2 aromatic rings. The Morgan fingerprint density at radius 3 is 2.72 bits per heavy atom. The number of fused-ring (bicyclic) bond motifs is 1. The average Bonchev–Trinajstić information content (AvgIpc) is 3.08. The van der Waals surface area contributed by atoms with Crippen molar-refractivity contribution in [2.24, 2.45) is 0 Å². The highest BCUT2D eigenvalue weighted by molar-refractivity contribution is 6.34. The number of halogens is 1. The second-order valence-electron chi connectivity index (χ2n) is 5.89. The zero-order chi connectivity index (χ0) is 17.8. The van der Waals surface area contributed by atoms with Crippen LogP contribution in [-0.4, -0.2) is 25.5 Å². The summed E-state index contributed by atoms with van der Waals surface area (Å²) >= 11 is 6.00. The van der Waals surface area contributed by atoms with E-state index in [1.807, 2.05) is 12.1 Å². The molecule has 0 unspecified atom stereocenters. The van der Waals surface area contributed by atoms with Crippen molar-refractivity contribution in [3.63, 3.8) is 0 Å². The SMILES string of the molecule is CNC(=O)c1cc(NC(=O)COc2ccc3c(c2)CCC3)ccc1Cl. The highest BCUT2D eigenvalue weighted by atomic mass is 35.5. The van der Waals surface area contributed by atoms with E-state index in [1.165, 1.54) is 30.7 Å². The molecule has 2 N–H and O–H groups in total. The van der Waals surface area contributed by atoms with Gasteiger partial charge >= 0.3 is 0 Å². The van der Waals surface area contributed by atoms with Gasteiger partial charge in [-0.1, -0.05) is 17.7 Å². The van der Waals surface area contributed by atoms with Crippen LogP contribution in [0.4, 0.5) is 5.69 Å². The van der Waals surface area contributed by atoms with Crippen molar-refractivity contribution in [3.8, 4) is 5.75 Å². The van der Waals surface area contributed by atoms with E-state index in [0.717, 1.165) is 12.8 Å². The van der Waals surface area contributed by atoms with Gasteiger partial charge in [0.1, 0.15) is 5.75 Å². The van der Waals surface area contributed by atoms with Crippen molar-refractivity contribution in [1.29, 1.82) is 0 Å². The first-order valence-corrected chi connectivity index (χ1v) is 8.50. The fourth-order valence-electron chi connectivity index (χ4n) is 2.90. The second kappa shape index (κ2) is 7.57. The second-order valence-corrected chi connectivity index (χ2v) is 6.30. The topological polar surface area (TPSA) is 67.4 Å². The van der Waals surface area contributed by atoms with Gasteiger partial charge in [0.05, 0.1) is 10.6 Å². The van der Waals surface area contributed by atoms with E-state index < -0.39 is 0 Å². The maximum absolute atomic E-state index is 12.1. The van der Waals surface area contributed by atoms with E-state index in [1.54, 1.807) is 12.1 Å². The van der Waals surface area contributed by atoms with Gasteiger partial charge in [-0.05, 0) is 60.7 Å². The Labute approximate surface area is 151 Å². The molecule has 0 bridgehead atoms. The first kappa shape index (κ1) is 17.3. The Bertz CT molecular complexity index is 820. The lowest BCUT2D eigenvalue weighted by Gasteiger charge is -2.10. The molecule has 2 aromatic carbocycles. The van der Waals surface area contributed by atoms with Gasteiger partial charge in [0.25, 0.3) is 11.8 Å². The van der Waals surface area contributed by atoms with Crippen molar-refractivity contribution in [1.82, 2.24) is 5.32 Å². The zero-order valence-electron chi connectivity index (χ0n) is 13.9. The molecule has 0 spiro atoms. The molecule has 1 aliphatic carbocycles. The maximum Gasteiger partial charge on any atom is 0.262 e. The van der Waals surface area contributed by atoms with Gasteiger partial charge in [-0.2, -0.15) is 0 Å². The molecular formula is C19H19ClN2O3. The van der Waals surface area contributed by atoms with Crippen LogP contribution in [0.3, 0.4) is 0 Å². The minimum Gasteiger partial charge on any atom is -0.484 e. The standard InChI is InChI=1S/C19H19ClN2O3/c1-21-19(24)16-10-14(6-8-17(16)20)22-18(23)11-25-15-7-5-12-3-2-4-13(12)9-15/h5-10H,2-4,11H2,1H3,(H,21,24)(H,22,23). The summed E-state index contributed by atoms with van der Waals surface area (Å²) in [6, 6.07) is 10.7. The Balaban J connectivity index is 1.60. The Kier molecular flexibility index (Phi) is 5.24. The first-order valence-electron chi connectivity index (χ1n) is 8.13. The number of rotatable bonds is 5. The number of aryl methyl sites for hydroxylation is 2. The van der Waals surface area contributed by atoms with E-state index >= 15 is 0 Å². The molecule has 3 rings (SSSR count). The summed E-state index contributed by atoms with van der Waals surface area (Å²) in [6.07, 6.45) is 3.34. The van der Waals surface area contributed by atoms with Gasteiger partial charge in [-0.3, -0.25) is 9.59 Å². The number of ether oxygens (including phenoxy) is 1. The molecule has 0 aliphatic heterocycles. The van der Waals surface area contributed by atoms with Crippen molar-refractivity contribution < 1.29 is 14.3 Å². The van der Waals surface area contributed by atoms with Gasteiger partial charge in [0.15, 0.2) is 6.61 Å². The molecular weight excluding hydrogens is 340 g/mol. The molecule has 0 radical (unpaired) electrons. The summed E-state index contributed by atoms with van der Waals surface area (Å²) in [5.74, 6) is 0.0825. The highest BCUT2D eigenvalue weighted by Gasteiger charge is 2.13. The van der Waals surface area contributed by atoms with Gasteiger partial charge in [-0.15, -0.1) is 0 Å². The van der Waals surface area contributed by atoms with Crippen molar-refractivity contribution in [3.05, 3.63) is 58.1 Å². The normalized spacial score (nSPS) is 12.4. The van der Waals surface area contributed by atoms with Crippen LogP contribution in [0.5, 0.6) is 5.75 Å². The van der Waals surface area contributed by atoms with E-state index in [9.17, 15) is 9.59 Å². The summed E-state index contributed by atoms with van der Waals surface area (Å²) in [6.45, 7) is -0.100. The fraction of sp³-hybridized carbons (Fsp3) is 0.263. The van der Waals surface area contributed by atoms with Crippen molar-refractivity contribution >= 4 is 29.1 Å². The summed E-state index contributed by atoms with van der Waals surface area (Å²) in [4.78, 5) is 23.8. The lowest BCUT2D eigenvalue weighted by atomic mass is 10.1. The molecule has 1 aliphatic rings. The summed E-state index contributed by atoms with van der Waals surface area (Å²) in [5.41, 5.74) is 3.46. The summed E-state index contributed by atoms with van der Waals surface area (Å²) < 4.78 is 5.57. The van der Waals surface area contributed by atoms with E-state index in [4.69, 9.17) is 16.3 Å². The minimum absolute atomic E-state index is 0.100. The number of amides is 2. The average molecular weight is 359 g/mol. The van der Waals surface area contributed by atoms with Crippen molar-refractivity contribution in [2.45, 2.75) is 19.3 Å². The lowest BCUT2D eigenvalue weighted by Crippen LogP contribution is -2.21. The van der Waals surface area contributed by atoms with Crippen LogP contribution in [0.25, 0.3) is 0 Å². The minimum atomic E-state index is -0.310. The number of nitrogens with one attached hydrogen (secondary N) is 2. The van der Waals surface area contributed by atoms with E-state index in [0.29, 0.717) is 22.0 Å². The Morgan fingerprint density at radius 1 is 1.12 bits per heavy atom. The fourth-order valence-corrected chi connectivity index (χ4v) is 3.10. The smallest absolute Gasteiger partial charge is 0.262 e. The van der Waals surface area contributed by atoms with E-state index in [-0.39, 0.29) is 18.4 Å².